The first-order chi connectivity index (χ1) is 6.90. The minimum absolute atomic E-state index is 0.320. The standard InChI is InChI=1S/C14H20S/c1-11(15)13(10-14(2,3)4)12-8-6-5-7-9-12/h5-9,13H,10H2,1-4H3. The maximum atomic E-state index is 5.37. The van der Waals surface area contributed by atoms with Crippen molar-refractivity contribution in [3.05, 3.63) is 35.9 Å². The van der Waals surface area contributed by atoms with Gasteiger partial charge in [0, 0.05) is 5.92 Å². The van der Waals surface area contributed by atoms with Crippen molar-refractivity contribution in [2.24, 2.45) is 5.41 Å². The molecule has 1 rings (SSSR count). The van der Waals surface area contributed by atoms with Crippen LogP contribution in [0.4, 0.5) is 0 Å². The summed E-state index contributed by atoms with van der Waals surface area (Å²) in [6.07, 6.45) is 1.12. The van der Waals surface area contributed by atoms with Gasteiger partial charge in [0.1, 0.15) is 0 Å². The molecule has 0 nitrogen and oxygen atoms in total. The summed E-state index contributed by atoms with van der Waals surface area (Å²) in [5.41, 5.74) is 1.67. The molecule has 0 aliphatic heterocycles. The van der Waals surface area contributed by atoms with Gasteiger partial charge in [-0.1, -0.05) is 63.3 Å². The average molecular weight is 220 g/mol. The fourth-order valence-corrected chi connectivity index (χ4v) is 2.01. The van der Waals surface area contributed by atoms with Crippen molar-refractivity contribution >= 4 is 17.1 Å². The zero-order valence-electron chi connectivity index (χ0n) is 10.1. The van der Waals surface area contributed by atoms with Crippen LogP contribution in [0.15, 0.2) is 30.3 Å². The molecule has 0 radical (unpaired) electrons. The minimum atomic E-state index is 0.320. The van der Waals surface area contributed by atoms with Gasteiger partial charge in [-0.15, -0.1) is 0 Å². The summed E-state index contributed by atoms with van der Waals surface area (Å²) in [7, 11) is 0. The predicted molar refractivity (Wildman–Crippen MR) is 71.5 cm³/mol. The smallest absolute Gasteiger partial charge is 0.0155 e. The number of hydrogen-bond donors (Lipinski definition) is 0. The normalized spacial score (nSPS) is 13.6. The van der Waals surface area contributed by atoms with Crippen molar-refractivity contribution in [2.75, 3.05) is 0 Å². The van der Waals surface area contributed by atoms with Gasteiger partial charge in [-0.3, -0.25) is 0 Å². The number of thiocarbonyl (C=S) groups is 1. The molecule has 0 fully saturated rings. The van der Waals surface area contributed by atoms with Crippen molar-refractivity contribution in [1.82, 2.24) is 0 Å². The van der Waals surface area contributed by atoms with E-state index in [1.807, 2.05) is 0 Å². The highest BCUT2D eigenvalue weighted by molar-refractivity contribution is 7.80. The Morgan fingerprint density at radius 3 is 2.13 bits per heavy atom. The summed E-state index contributed by atoms with van der Waals surface area (Å²) < 4.78 is 0. The molecule has 0 aliphatic rings. The van der Waals surface area contributed by atoms with Gasteiger partial charge < -0.3 is 0 Å². The van der Waals surface area contributed by atoms with Crippen molar-refractivity contribution < 1.29 is 0 Å². The first-order valence-corrected chi connectivity index (χ1v) is 5.86. The van der Waals surface area contributed by atoms with Gasteiger partial charge in [-0.05, 0) is 29.2 Å². The van der Waals surface area contributed by atoms with Gasteiger partial charge >= 0.3 is 0 Å². The maximum Gasteiger partial charge on any atom is 0.0155 e. The summed E-state index contributed by atoms with van der Waals surface area (Å²) in [5, 5.41) is 0. The SMILES string of the molecule is CC(=S)C(CC(C)(C)C)c1ccccc1. The molecule has 1 heteroatoms. The molecule has 0 saturated carbocycles. The fraction of sp³-hybridized carbons (Fsp3) is 0.500. The highest BCUT2D eigenvalue weighted by Gasteiger charge is 2.21. The Labute approximate surface area is 98.7 Å². The van der Waals surface area contributed by atoms with Crippen LogP contribution in [0.1, 0.15) is 45.6 Å². The molecule has 0 aromatic heterocycles. The third-order valence-electron chi connectivity index (χ3n) is 2.51. The first kappa shape index (κ1) is 12.4. The number of benzene rings is 1. The van der Waals surface area contributed by atoms with E-state index in [9.17, 15) is 0 Å². The molecule has 82 valence electrons. The molecule has 15 heavy (non-hydrogen) atoms. The molecule has 0 bridgehead atoms. The van der Waals surface area contributed by atoms with Crippen molar-refractivity contribution in [2.45, 2.75) is 40.0 Å². The van der Waals surface area contributed by atoms with Crippen LogP contribution in [0.25, 0.3) is 0 Å². The summed E-state index contributed by atoms with van der Waals surface area (Å²) >= 11 is 5.37. The van der Waals surface area contributed by atoms with Crippen LogP contribution < -0.4 is 0 Å². The van der Waals surface area contributed by atoms with Crippen molar-refractivity contribution in [3.8, 4) is 0 Å². The maximum absolute atomic E-state index is 5.37. The van der Waals surface area contributed by atoms with Crippen LogP contribution in [0.3, 0.4) is 0 Å². The molecule has 0 aliphatic carbocycles. The van der Waals surface area contributed by atoms with Crippen LogP contribution in [0.5, 0.6) is 0 Å². The molecule has 1 aromatic rings. The second-order valence-electron chi connectivity index (χ2n) is 5.34. The van der Waals surface area contributed by atoms with Gasteiger partial charge in [0.05, 0.1) is 0 Å². The lowest BCUT2D eigenvalue weighted by Gasteiger charge is -2.26. The Hall–Kier alpha value is -0.690. The lowest BCUT2D eigenvalue weighted by atomic mass is 9.80. The highest BCUT2D eigenvalue weighted by atomic mass is 32.1. The van der Waals surface area contributed by atoms with E-state index in [0.717, 1.165) is 11.3 Å². The zero-order chi connectivity index (χ0) is 11.5. The van der Waals surface area contributed by atoms with Gasteiger partial charge in [-0.25, -0.2) is 0 Å². The Kier molecular flexibility index (Phi) is 4.04. The van der Waals surface area contributed by atoms with Crippen LogP contribution in [0, 0.1) is 5.41 Å². The van der Waals surface area contributed by atoms with E-state index in [1.165, 1.54) is 5.56 Å². The summed E-state index contributed by atoms with van der Waals surface area (Å²) in [6, 6.07) is 10.6. The molecule has 0 spiro atoms. The average Bonchev–Trinajstić information content (AvgIpc) is 2.14. The fourth-order valence-electron chi connectivity index (χ4n) is 1.79. The van der Waals surface area contributed by atoms with Gasteiger partial charge in [0.15, 0.2) is 0 Å². The summed E-state index contributed by atoms with van der Waals surface area (Å²) in [4.78, 5) is 1.09. The monoisotopic (exact) mass is 220 g/mol. The Balaban J connectivity index is 2.90. The number of rotatable bonds is 3. The zero-order valence-corrected chi connectivity index (χ0v) is 10.9. The Morgan fingerprint density at radius 2 is 1.73 bits per heavy atom. The molecule has 1 unspecified atom stereocenters. The van der Waals surface area contributed by atoms with Crippen LogP contribution in [-0.4, -0.2) is 4.86 Å². The van der Waals surface area contributed by atoms with E-state index < -0.39 is 0 Å². The largest absolute Gasteiger partial charge is 0.0893 e. The van der Waals surface area contributed by atoms with E-state index in [2.05, 4.69) is 58.0 Å². The quantitative estimate of drug-likeness (QED) is 0.671. The number of hydrogen-bond acceptors (Lipinski definition) is 1. The first-order valence-electron chi connectivity index (χ1n) is 5.45. The second kappa shape index (κ2) is 4.89. The van der Waals surface area contributed by atoms with Crippen LogP contribution >= 0.6 is 12.2 Å². The van der Waals surface area contributed by atoms with Crippen molar-refractivity contribution in [3.63, 3.8) is 0 Å². The van der Waals surface area contributed by atoms with Gasteiger partial charge in [-0.2, -0.15) is 0 Å². The molecule has 0 heterocycles. The third kappa shape index (κ3) is 4.13. The lowest BCUT2D eigenvalue weighted by Crippen LogP contribution is -2.16. The lowest BCUT2D eigenvalue weighted by molar-refractivity contribution is 0.368. The molecule has 0 saturated heterocycles. The highest BCUT2D eigenvalue weighted by Crippen LogP contribution is 2.32. The second-order valence-corrected chi connectivity index (χ2v) is 5.98. The predicted octanol–water partition coefficient (Wildman–Crippen LogP) is 4.60. The molecular formula is C14H20S. The van der Waals surface area contributed by atoms with Crippen LogP contribution in [-0.2, 0) is 0 Å². The van der Waals surface area contributed by atoms with E-state index in [1.54, 1.807) is 0 Å². The minimum Gasteiger partial charge on any atom is -0.0893 e. The van der Waals surface area contributed by atoms with Crippen LogP contribution in [0.2, 0.25) is 0 Å². The Morgan fingerprint density at radius 1 is 1.20 bits per heavy atom. The van der Waals surface area contributed by atoms with E-state index >= 15 is 0 Å². The summed E-state index contributed by atoms with van der Waals surface area (Å²) in [5.74, 6) is 0.418. The molecular weight excluding hydrogens is 200 g/mol. The summed E-state index contributed by atoms with van der Waals surface area (Å²) in [6.45, 7) is 8.85. The van der Waals surface area contributed by atoms with Crippen molar-refractivity contribution in [1.29, 1.82) is 0 Å². The molecule has 0 amide bonds. The molecule has 1 aromatic carbocycles. The van der Waals surface area contributed by atoms with E-state index in [4.69, 9.17) is 12.2 Å². The molecule has 1 atom stereocenters. The van der Waals surface area contributed by atoms with E-state index in [0.29, 0.717) is 11.3 Å². The van der Waals surface area contributed by atoms with E-state index in [-0.39, 0.29) is 0 Å². The molecule has 0 N–H and O–H groups in total. The van der Waals surface area contributed by atoms with Gasteiger partial charge in [0.2, 0.25) is 0 Å². The third-order valence-corrected chi connectivity index (χ3v) is 2.79. The van der Waals surface area contributed by atoms with Gasteiger partial charge in [0.25, 0.3) is 0 Å². The topological polar surface area (TPSA) is 0 Å². The Bertz CT molecular complexity index is 319.